The number of hydrogen-bond acceptors (Lipinski definition) is 15. The van der Waals surface area contributed by atoms with E-state index in [1.165, 1.54) is 17.9 Å². The number of nitrogens with two attached hydrogens (primary N) is 1. The van der Waals surface area contributed by atoms with Crippen LogP contribution < -0.4 is 27.1 Å². The third-order valence-corrected chi connectivity index (χ3v) is 11.7. The summed E-state index contributed by atoms with van der Waals surface area (Å²) in [5.41, 5.74) is 7.79. The summed E-state index contributed by atoms with van der Waals surface area (Å²) in [6.45, 7) is 6.23. The van der Waals surface area contributed by atoms with Gasteiger partial charge in [0.15, 0.2) is 11.8 Å². The first kappa shape index (κ1) is 37.3. The number of nitrogens with zero attached hydrogens (tertiary/aromatic N) is 3. The first-order chi connectivity index (χ1) is 23.8. The molecule has 1 aliphatic carbocycles. The number of nitrogens with one attached hydrogen (secondary N) is 4. The van der Waals surface area contributed by atoms with E-state index in [2.05, 4.69) is 26.5 Å². The standard InChI is InChI=1S/C31H42N8O9S2/c1-15-13-21(42)38(29(15)45)10-7-20(41)37-36-16(2)5-6-19(40)33-8-11-49-50-12-9-34-23-17(3)25(43)24-22(26(23)44)28(48-30(32)46)31(47-4)27-18(35-27)14-39(24)31/h15,18,27-28,34-35H,5-14H2,1-4H3,(H2,32,46)(H,33,40)(H,37,41)/b36-16+/t15?,18?,27-,28?,31-/m0/s1. The molecule has 0 aromatic heterocycles. The maximum absolute atomic E-state index is 13.7. The van der Waals surface area contributed by atoms with E-state index in [0.29, 0.717) is 43.3 Å². The quantitative estimate of drug-likeness (QED) is 0.0236. The smallest absolute Gasteiger partial charge is 0.405 e. The average Bonchev–Trinajstić information content (AvgIpc) is 3.61. The molecule has 3 unspecified atom stereocenters. The number of Topliss-reactive ketones (excluding diaryl/α,β-unsaturated/α-hetero) is 2. The summed E-state index contributed by atoms with van der Waals surface area (Å²) in [5, 5.41) is 13.2. The zero-order valence-electron chi connectivity index (χ0n) is 28.3. The summed E-state index contributed by atoms with van der Waals surface area (Å²) in [6.07, 6.45) is -1.59. The van der Waals surface area contributed by atoms with Crippen LogP contribution in [0.3, 0.4) is 0 Å². The SMILES string of the molecule is CO[C@@]12C(OC(N)=O)C3=C(C(=O)C(C)=C(NCCSSCCNC(=O)CC/C(C)=N/NC(=O)CCN4C(=O)CC(C)C4=O)C3=O)N1CC1N[C@@H]12. The Kier molecular flexibility index (Phi) is 11.6. The Morgan fingerprint density at radius 2 is 1.78 bits per heavy atom. The van der Waals surface area contributed by atoms with Gasteiger partial charge in [0.1, 0.15) is 0 Å². The molecule has 0 saturated carbocycles. The van der Waals surface area contributed by atoms with Crippen LogP contribution in [0.2, 0.25) is 0 Å². The third-order valence-electron chi connectivity index (χ3n) is 9.26. The van der Waals surface area contributed by atoms with Gasteiger partial charge < -0.3 is 36.1 Å². The Morgan fingerprint density at radius 3 is 2.44 bits per heavy atom. The second-order valence-electron chi connectivity index (χ2n) is 12.6. The van der Waals surface area contributed by atoms with Crippen LogP contribution in [0.4, 0.5) is 4.79 Å². The molecule has 4 aliphatic heterocycles. The van der Waals surface area contributed by atoms with Gasteiger partial charge in [-0.05, 0) is 20.3 Å². The zero-order valence-corrected chi connectivity index (χ0v) is 29.9. The molecule has 0 radical (unpaired) electrons. The Balaban J connectivity index is 0.968. The normalized spacial score (nSPS) is 27.1. The molecule has 0 aromatic rings. The largest absolute Gasteiger partial charge is 0.436 e. The molecule has 0 spiro atoms. The molecule has 272 valence electrons. The molecule has 5 amide bonds. The highest BCUT2D eigenvalue weighted by molar-refractivity contribution is 8.76. The second-order valence-corrected chi connectivity index (χ2v) is 15.3. The van der Waals surface area contributed by atoms with E-state index in [1.54, 1.807) is 36.5 Å². The fourth-order valence-corrected chi connectivity index (χ4v) is 8.51. The topological polar surface area (TPSA) is 241 Å². The number of piperazine rings is 1. The van der Waals surface area contributed by atoms with Gasteiger partial charge >= 0.3 is 6.09 Å². The van der Waals surface area contributed by atoms with Crippen molar-refractivity contribution in [1.82, 2.24) is 31.2 Å². The minimum absolute atomic E-state index is 0.0127. The summed E-state index contributed by atoms with van der Waals surface area (Å²) in [6, 6.07) is -0.173. The van der Waals surface area contributed by atoms with Crippen molar-refractivity contribution in [3.8, 4) is 0 Å². The van der Waals surface area contributed by atoms with Crippen molar-refractivity contribution in [2.75, 3.05) is 44.8 Å². The lowest BCUT2D eigenvalue weighted by atomic mass is 9.88. The zero-order chi connectivity index (χ0) is 36.3. The minimum Gasteiger partial charge on any atom is -0.436 e. The summed E-state index contributed by atoms with van der Waals surface area (Å²) >= 11 is 0. The van der Waals surface area contributed by atoms with Gasteiger partial charge in [0.2, 0.25) is 35.2 Å². The predicted octanol–water partition coefficient (Wildman–Crippen LogP) is -0.713. The number of ketones is 2. The lowest BCUT2D eigenvalue weighted by molar-refractivity contribution is -0.151. The van der Waals surface area contributed by atoms with Crippen molar-refractivity contribution in [2.45, 2.75) is 70.4 Å². The van der Waals surface area contributed by atoms with Crippen LogP contribution in [0.1, 0.15) is 46.5 Å². The number of primary amides is 1. The van der Waals surface area contributed by atoms with Crippen molar-refractivity contribution in [1.29, 1.82) is 0 Å². The lowest BCUT2D eigenvalue weighted by Crippen LogP contribution is -2.58. The fraction of sp³-hybridized carbons (Fsp3) is 0.613. The van der Waals surface area contributed by atoms with Gasteiger partial charge in [-0.3, -0.25) is 33.7 Å². The van der Waals surface area contributed by atoms with E-state index in [9.17, 15) is 33.6 Å². The molecule has 5 atom stereocenters. The number of hydrogen-bond donors (Lipinski definition) is 5. The summed E-state index contributed by atoms with van der Waals surface area (Å²) in [4.78, 5) is 90.0. The van der Waals surface area contributed by atoms with E-state index in [1.807, 2.05) is 0 Å². The van der Waals surface area contributed by atoms with Crippen LogP contribution in [0.15, 0.2) is 27.6 Å². The van der Waals surface area contributed by atoms with Gasteiger partial charge in [-0.1, -0.05) is 28.5 Å². The predicted molar refractivity (Wildman–Crippen MR) is 183 cm³/mol. The maximum atomic E-state index is 13.7. The molecule has 4 heterocycles. The van der Waals surface area contributed by atoms with E-state index >= 15 is 0 Å². The third kappa shape index (κ3) is 7.40. The van der Waals surface area contributed by atoms with Gasteiger partial charge in [-0.2, -0.15) is 5.10 Å². The van der Waals surface area contributed by atoms with Crippen LogP contribution >= 0.6 is 21.6 Å². The monoisotopic (exact) mass is 734 g/mol. The van der Waals surface area contributed by atoms with Gasteiger partial charge in [0.25, 0.3) is 0 Å². The van der Waals surface area contributed by atoms with Crippen molar-refractivity contribution in [2.24, 2.45) is 16.8 Å². The van der Waals surface area contributed by atoms with Crippen LogP contribution in [0, 0.1) is 5.92 Å². The molecule has 0 bridgehead atoms. The van der Waals surface area contributed by atoms with Gasteiger partial charge in [0, 0.05) is 87.3 Å². The molecule has 50 heavy (non-hydrogen) atoms. The van der Waals surface area contributed by atoms with Crippen molar-refractivity contribution in [3.63, 3.8) is 0 Å². The summed E-state index contributed by atoms with van der Waals surface area (Å²) < 4.78 is 11.3. The number of ether oxygens (including phenoxy) is 2. The molecule has 5 aliphatic rings. The Bertz CT molecular complexity index is 1580. The number of carbonyl (C=O) groups excluding carboxylic acids is 7. The molecular formula is C31H42N8O9S2. The van der Waals surface area contributed by atoms with Crippen LogP contribution in [-0.4, -0.2) is 126 Å². The molecule has 5 rings (SSSR count). The number of methoxy groups -OCH3 is 1. The number of carbonyl (C=O) groups is 7. The number of likely N-dealkylation sites (tertiary alicyclic amines) is 1. The minimum atomic E-state index is -1.22. The average molecular weight is 735 g/mol. The highest BCUT2D eigenvalue weighted by Gasteiger charge is 2.74. The van der Waals surface area contributed by atoms with Crippen molar-refractivity contribution in [3.05, 3.63) is 22.5 Å². The van der Waals surface area contributed by atoms with E-state index in [0.717, 1.165) is 4.90 Å². The maximum Gasteiger partial charge on any atom is 0.405 e. The summed E-state index contributed by atoms with van der Waals surface area (Å²) in [5.74, 6) is -1.04. The molecule has 3 saturated heterocycles. The molecular weight excluding hydrogens is 693 g/mol. The Morgan fingerprint density at radius 1 is 1.06 bits per heavy atom. The van der Waals surface area contributed by atoms with E-state index in [4.69, 9.17) is 15.2 Å². The number of fused-ring (bicyclic) bond motifs is 4. The van der Waals surface area contributed by atoms with Crippen molar-refractivity contribution >= 4 is 68.6 Å². The summed E-state index contributed by atoms with van der Waals surface area (Å²) in [7, 11) is 4.53. The highest BCUT2D eigenvalue weighted by atomic mass is 33.1. The molecule has 19 heteroatoms. The molecule has 3 fully saturated rings. The lowest BCUT2D eigenvalue weighted by Gasteiger charge is -2.38. The number of allylic oxidation sites excluding steroid dienone is 2. The fourth-order valence-electron chi connectivity index (χ4n) is 6.70. The van der Waals surface area contributed by atoms with Crippen molar-refractivity contribution < 1.29 is 43.0 Å². The van der Waals surface area contributed by atoms with Gasteiger partial charge in [0.05, 0.1) is 23.0 Å². The van der Waals surface area contributed by atoms with E-state index < -0.39 is 29.6 Å². The first-order valence-corrected chi connectivity index (χ1v) is 18.8. The Labute approximate surface area is 296 Å². The molecule has 17 nitrogen and oxygen atoms in total. The first-order valence-electron chi connectivity index (χ1n) is 16.3. The number of rotatable bonds is 17. The van der Waals surface area contributed by atoms with Crippen LogP contribution in [-0.2, 0) is 38.2 Å². The van der Waals surface area contributed by atoms with E-state index in [-0.39, 0.29) is 89.9 Å². The molecule has 6 N–H and O–H groups in total. The van der Waals surface area contributed by atoms with Crippen LogP contribution in [0.5, 0.6) is 0 Å². The number of imide groups is 1. The van der Waals surface area contributed by atoms with Gasteiger partial charge in [-0.15, -0.1) is 0 Å². The molecule has 0 aromatic carbocycles. The number of hydrazone groups is 1. The van der Waals surface area contributed by atoms with Gasteiger partial charge in [-0.25, -0.2) is 10.2 Å². The Hall–Kier alpha value is -3.94. The second kappa shape index (κ2) is 15.5. The highest BCUT2D eigenvalue weighted by Crippen LogP contribution is 2.53. The van der Waals surface area contributed by atoms with Crippen LogP contribution in [0.25, 0.3) is 0 Å². The number of amides is 5.